The van der Waals surface area contributed by atoms with Crippen molar-refractivity contribution in [2.24, 2.45) is 0 Å². The number of aromatic nitrogens is 1. The van der Waals surface area contributed by atoms with E-state index < -0.39 is 5.97 Å². The highest BCUT2D eigenvalue weighted by molar-refractivity contribution is 7.09. The van der Waals surface area contributed by atoms with Crippen LogP contribution < -0.4 is 5.32 Å². The van der Waals surface area contributed by atoms with E-state index in [4.69, 9.17) is 9.52 Å². The first-order valence-electron chi connectivity index (χ1n) is 8.06. The smallest absolute Gasteiger partial charge is 0.355 e. The second-order valence-electron chi connectivity index (χ2n) is 6.12. The van der Waals surface area contributed by atoms with E-state index in [-0.39, 0.29) is 24.6 Å². The summed E-state index contributed by atoms with van der Waals surface area (Å²) in [5.41, 5.74) is 4.39. The number of benzene rings is 1. The van der Waals surface area contributed by atoms with Gasteiger partial charge in [-0.3, -0.25) is 4.79 Å². The zero-order valence-corrected chi connectivity index (χ0v) is 14.2. The number of thiazole rings is 1. The highest BCUT2D eigenvalue weighted by Crippen LogP contribution is 2.30. The van der Waals surface area contributed by atoms with E-state index >= 15 is 0 Å². The van der Waals surface area contributed by atoms with Crippen LogP contribution in [-0.4, -0.2) is 22.0 Å². The average molecular weight is 356 g/mol. The largest absolute Gasteiger partial charge is 0.476 e. The summed E-state index contributed by atoms with van der Waals surface area (Å²) in [5, 5.41) is 14.7. The topological polar surface area (TPSA) is 92.4 Å². The second-order valence-corrected chi connectivity index (χ2v) is 7.06. The molecular formula is C18H16N2O4S. The average Bonchev–Trinajstić information content (AvgIpc) is 3.31. The first-order chi connectivity index (χ1) is 12.1. The Morgan fingerprint density at radius 3 is 2.84 bits per heavy atom. The molecule has 3 aromatic rings. The molecule has 0 saturated carbocycles. The molecule has 128 valence electrons. The van der Waals surface area contributed by atoms with Gasteiger partial charge in [-0.25, -0.2) is 9.78 Å². The SMILES string of the molecule is O=C(Cc1coc2cc3c(cc12)CCC3)NCc1nc(C(=O)O)cs1. The summed E-state index contributed by atoms with van der Waals surface area (Å²) >= 11 is 1.22. The van der Waals surface area contributed by atoms with E-state index in [0.29, 0.717) is 5.01 Å². The second kappa shape index (κ2) is 6.33. The number of nitrogens with one attached hydrogen (secondary N) is 1. The first kappa shape index (κ1) is 15.8. The van der Waals surface area contributed by atoms with Gasteiger partial charge in [0.15, 0.2) is 5.69 Å². The Bertz CT molecular complexity index is 973. The van der Waals surface area contributed by atoms with Crippen molar-refractivity contribution < 1.29 is 19.1 Å². The van der Waals surface area contributed by atoms with Crippen LogP contribution in [0.2, 0.25) is 0 Å². The molecule has 7 heteroatoms. The first-order valence-corrected chi connectivity index (χ1v) is 8.94. The van der Waals surface area contributed by atoms with E-state index in [0.717, 1.165) is 29.4 Å². The van der Waals surface area contributed by atoms with E-state index in [1.54, 1.807) is 6.26 Å². The van der Waals surface area contributed by atoms with Gasteiger partial charge in [-0.05, 0) is 42.5 Å². The van der Waals surface area contributed by atoms with Crippen LogP contribution in [-0.2, 0) is 30.6 Å². The van der Waals surface area contributed by atoms with Crippen LogP contribution in [0.4, 0.5) is 0 Å². The predicted molar refractivity (Wildman–Crippen MR) is 92.9 cm³/mol. The molecule has 0 aliphatic heterocycles. The van der Waals surface area contributed by atoms with Gasteiger partial charge >= 0.3 is 5.97 Å². The number of furan rings is 1. The maximum Gasteiger partial charge on any atom is 0.355 e. The monoisotopic (exact) mass is 356 g/mol. The molecule has 6 nitrogen and oxygen atoms in total. The Balaban J connectivity index is 1.43. The lowest BCUT2D eigenvalue weighted by Gasteiger charge is -2.03. The highest BCUT2D eigenvalue weighted by atomic mass is 32.1. The molecule has 1 amide bonds. The summed E-state index contributed by atoms with van der Waals surface area (Å²) in [6.45, 7) is 0.224. The number of amides is 1. The Kier molecular flexibility index (Phi) is 4.01. The maximum atomic E-state index is 12.2. The Morgan fingerprint density at radius 1 is 1.28 bits per heavy atom. The zero-order chi connectivity index (χ0) is 17.4. The number of hydrogen-bond donors (Lipinski definition) is 2. The lowest BCUT2D eigenvalue weighted by atomic mass is 10.0. The van der Waals surface area contributed by atoms with Crippen molar-refractivity contribution in [3.63, 3.8) is 0 Å². The highest BCUT2D eigenvalue weighted by Gasteiger charge is 2.17. The fraction of sp³-hybridized carbons (Fsp3) is 0.278. The van der Waals surface area contributed by atoms with Crippen LogP contribution in [0.15, 0.2) is 28.2 Å². The van der Waals surface area contributed by atoms with Crippen LogP contribution in [0.1, 0.15) is 38.6 Å². The fourth-order valence-corrected chi connectivity index (χ4v) is 3.89. The number of carbonyl (C=O) groups excluding carboxylic acids is 1. The molecule has 0 radical (unpaired) electrons. The van der Waals surface area contributed by atoms with Crippen molar-refractivity contribution in [1.29, 1.82) is 0 Å². The third kappa shape index (κ3) is 3.15. The predicted octanol–water partition coefficient (Wildman–Crippen LogP) is 2.94. The number of carboxylic acid groups (broad SMARTS) is 1. The van der Waals surface area contributed by atoms with Crippen LogP contribution in [0.5, 0.6) is 0 Å². The Hall–Kier alpha value is -2.67. The minimum atomic E-state index is -1.06. The maximum absolute atomic E-state index is 12.2. The van der Waals surface area contributed by atoms with E-state index in [9.17, 15) is 9.59 Å². The number of fused-ring (bicyclic) bond motifs is 2. The fourth-order valence-electron chi connectivity index (χ4n) is 3.18. The van der Waals surface area contributed by atoms with Crippen molar-refractivity contribution in [3.8, 4) is 0 Å². The molecule has 2 aromatic heterocycles. The van der Waals surface area contributed by atoms with Gasteiger partial charge in [-0.15, -0.1) is 11.3 Å². The molecule has 0 atom stereocenters. The van der Waals surface area contributed by atoms with Crippen molar-refractivity contribution in [2.75, 3.05) is 0 Å². The number of carbonyl (C=O) groups is 2. The molecule has 4 rings (SSSR count). The van der Waals surface area contributed by atoms with Crippen molar-refractivity contribution in [1.82, 2.24) is 10.3 Å². The van der Waals surface area contributed by atoms with E-state index in [1.807, 2.05) is 0 Å². The van der Waals surface area contributed by atoms with Crippen LogP contribution >= 0.6 is 11.3 Å². The molecule has 0 bridgehead atoms. The Labute approximate surface area is 147 Å². The molecule has 2 N–H and O–H groups in total. The van der Waals surface area contributed by atoms with Gasteiger partial charge < -0.3 is 14.8 Å². The number of hydrogen-bond acceptors (Lipinski definition) is 5. The summed E-state index contributed by atoms with van der Waals surface area (Å²) in [4.78, 5) is 27.0. The van der Waals surface area contributed by atoms with Crippen LogP contribution in [0.25, 0.3) is 11.0 Å². The molecule has 25 heavy (non-hydrogen) atoms. The normalized spacial score (nSPS) is 13.1. The number of carboxylic acids is 1. The summed E-state index contributed by atoms with van der Waals surface area (Å²) in [7, 11) is 0. The number of rotatable bonds is 5. The minimum absolute atomic E-state index is 0.00364. The molecule has 0 saturated heterocycles. The van der Waals surface area contributed by atoms with Gasteiger partial charge in [0.1, 0.15) is 10.6 Å². The quantitative estimate of drug-likeness (QED) is 0.733. The molecule has 2 heterocycles. The third-order valence-corrected chi connectivity index (χ3v) is 5.28. The standard InChI is InChI=1S/C18H16N2O4S/c21-16(19-7-17-20-14(9-25-17)18(22)23)6-12-8-24-15-5-11-3-1-2-10(11)4-13(12)15/h4-5,8-9H,1-3,6-7H2,(H,19,21)(H,22,23). The summed E-state index contributed by atoms with van der Waals surface area (Å²) in [5.74, 6) is -1.21. The molecule has 1 aliphatic rings. The van der Waals surface area contributed by atoms with Gasteiger partial charge in [-0.1, -0.05) is 0 Å². The van der Waals surface area contributed by atoms with Crippen molar-refractivity contribution >= 4 is 34.2 Å². The van der Waals surface area contributed by atoms with Crippen molar-refractivity contribution in [2.45, 2.75) is 32.2 Å². The minimum Gasteiger partial charge on any atom is -0.476 e. The lowest BCUT2D eigenvalue weighted by molar-refractivity contribution is -0.120. The molecule has 0 unspecified atom stereocenters. The number of aromatic carboxylic acids is 1. The summed E-state index contributed by atoms with van der Waals surface area (Å²) < 4.78 is 5.61. The molecule has 0 spiro atoms. The van der Waals surface area contributed by atoms with Gasteiger partial charge in [0.05, 0.1) is 19.2 Å². The Morgan fingerprint density at radius 2 is 2.08 bits per heavy atom. The van der Waals surface area contributed by atoms with Crippen LogP contribution in [0.3, 0.4) is 0 Å². The summed E-state index contributed by atoms with van der Waals surface area (Å²) in [6, 6.07) is 4.23. The van der Waals surface area contributed by atoms with Gasteiger partial charge in [0.25, 0.3) is 0 Å². The van der Waals surface area contributed by atoms with Crippen molar-refractivity contribution in [3.05, 3.63) is 51.2 Å². The van der Waals surface area contributed by atoms with Gasteiger partial charge in [-0.2, -0.15) is 0 Å². The summed E-state index contributed by atoms with van der Waals surface area (Å²) in [6.07, 6.45) is 5.21. The molecule has 0 fully saturated rings. The third-order valence-electron chi connectivity index (χ3n) is 4.43. The van der Waals surface area contributed by atoms with Crippen LogP contribution in [0, 0.1) is 0 Å². The number of aryl methyl sites for hydroxylation is 2. The number of nitrogens with zero attached hydrogens (tertiary/aromatic N) is 1. The van der Waals surface area contributed by atoms with E-state index in [2.05, 4.69) is 22.4 Å². The zero-order valence-electron chi connectivity index (χ0n) is 13.4. The molecular weight excluding hydrogens is 340 g/mol. The molecule has 1 aliphatic carbocycles. The lowest BCUT2D eigenvalue weighted by Crippen LogP contribution is -2.24. The van der Waals surface area contributed by atoms with Gasteiger partial charge in [0.2, 0.25) is 5.91 Å². The molecule has 1 aromatic carbocycles. The van der Waals surface area contributed by atoms with E-state index in [1.165, 1.54) is 34.3 Å². The van der Waals surface area contributed by atoms with Gasteiger partial charge in [0, 0.05) is 16.3 Å².